The fraction of sp³-hybridized carbons (Fsp3) is 0.417. The summed E-state index contributed by atoms with van der Waals surface area (Å²) in [6.07, 6.45) is 7.17. The molecule has 0 spiro atoms. The van der Waals surface area contributed by atoms with E-state index in [1.807, 2.05) is 11.6 Å². The van der Waals surface area contributed by atoms with Crippen molar-refractivity contribution in [2.75, 3.05) is 13.1 Å². The SMILES string of the molecule is Cn1cnnc1C1CCN(C(=O)c2cnccn2)C1. The summed E-state index contributed by atoms with van der Waals surface area (Å²) in [5, 5.41) is 7.99. The summed E-state index contributed by atoms with van der Waals surface area (Å²) >= 11 is 0. The molecule has 3 rings (SSSR count). The number of nitrogens with zero attached hydrogens (tertiary/aromatic N) is 6. The lowest BCUT2D eigenvalue weighted by Gasteiger charge is -2.15. The molecule has 0 aromatic carbocycles. The van der Waals surface area contributed by atoms with Gasteiger partial charge in [-0.2, -0.15) is 0 Å². The zero-order chi connectivity index (χ0) is 13.2. The van der Waals surface area contributed by atoms with Gasteiger partial charge in [-0.3, -0.25) is 9.78 Å². The Hall–Kier alpha value is -2.31. The molecule has 7 heteroatoms. The van der Waals surface area contributed by atoms with E-state index in [2.05, 4.69) is 20.2 Å². The maximum absolute atomic E-state index is 12.2. The average molecular weight is 258 g/mol. The van der Waals surface area contributed by atoms with E-state index in [-0.39, 0.29) is 11.8 Å². The zero-order valence-corrected chi connectivity index (χ0v) is 10.6. The summed E-state index contributed by atoms with van der Waals surface area (Å²) in [5.41, 5.74) is 0.390. The molecule has 1 amide bonds. The van der Waals surface area contributed by atoms with Gasteiger partial charge in [0.2, 0.25) is 0 Å². The molecule has 0 bridgehead atoms. The molecule has 1 fully saturated rings. The summed E-state index contributed by atoms with van der Waals surface area (Å²) in [6.45, 7) is 1.37. The molecular formula is C12H14N6O. The molecule has 0 saturated carbocycles. The van der Waals surface area contributed by atoms with Crippen molar-refractivity contribution in [2.45, 2.75) is 12.3 Å². The van der Waals surface area contributed by atoms with Gasteiger partial charge in [0, 0.05) is 38.4 Å². The largest absolute Gasteiger partial charge is 0.337 e. The highest BCUT2D eigenvalue weighted by Gasteiger charge is 2.30. The van der Waals surface area contributed by atoms with Crippen LogP contribution in [0.1, 0.15) is 28.7 Å². The molecule has 1 aliphatic rings. The van der Waals surface area contributed by atoms with Crippen molar-refractivity contribution < 1.29 is 4.79 Å². The summed E-state index contributed by atoms with van der Waals surface area (Å²) in [4.78, 5) is 22.0. The Kier molecular flexibility index (Phi) is 2.94. The fourth-order valence-electron chi connectivity index (χ4n) is 2.39. The number of carbonyl (C=O) groups excluding carboxylic acids is 1. The number of amides is 1. The van der Waals surface area contributed by atoms with E-state index in [1.165, 1.54) is 12.4 Å². The highest BCUT2D eigenvalue weighted by atomic mass is 16.2. The Bertz CT molecular complexity index is 581. The smallest absolute Gasteiger partial charge is 0.274 e. The molecule has 0 N–H and O–H groups in total. The molecule has 0 radical (unpaired) electrons. The van der Waals surface area contributed by atoms with E-state index in [9.17, 15) is 4.79 Å². The van der Waals surface area contributed by atoms with Crippen molar-refractivity contribution in [1.82, 2.24) is 29.6 Å². The molecule has 1 saturated heterocycles. The predicted molar refractivity (Wildman–Crippen MR) is 66.3 cm³/mol. The van der Waals surface area contributed by atoms with Crippen LogP contribution in [0.2, 0.25) is 0 Å². The second kappa shape index (κ2) is 4.75. The van der Waals surface area contributed by atoms with Crippen molar-refractivity contribution in [2.24, 2.45) is 7.05 Å². The minimum Gasteiger partial charge on any atom is -0.337 e. The van der Waals surface area contributed by atoms with Crippen LogP contribution >= 0.6 is 0 Å². The molecule has 98 valence electrons. The molecular weight excluding hydrogens is 244 g/mol. The van der Waals surface area contributed by atoms with E-state index in [4.69, 9.17) is 0 Å². The Morgan fingerprint density at radius 3 is 3.00 bits per heavy atom. The standard InChI is InChI=1S/C12H14N6O/c1-17-8-15-16-11(17)9-2-5-18(7-9)12(19)10-6-13-3-4-14-10/h3-4,6,8-9H,2,5,7H2,1H3. The van der Waals surface area contributed by atoms with Crippen LogP contribution in [0, 0.1) is 0 Å². The van der Waals surface area contributed by atoms with E-state index < -0.39 is 0 Å². The highest BCUT2D eigenvalue weighted by Crippen LogP contribution is 2.25. The summed E-state index contributed by atoms with van der Waals surface area (Å²) in [5.74, 6) is 1.10. The molecule has 1 atom stereocenters. The van der Waals surface area contributed by atoms with E-state index in [1.54, 1.807) is 17.4 Å². The molecule has 3 heterocycles. The van der Waals surface area contributed by atoms with Crippen LogP contribution in [0.3, 0.4) is 0 Å². The topological polar surface area (TPSA) is 76.8 Å². The van der Waals surface area contributed by atoms with Gasteiger partial charge >= 0.3 is 0 Å². The van der Waals surface area contributed by atoms with E-state index in [0.29, 0.717) is 18.8 Å². The van der Waals surface area contributed by atoms with Gasteiger partial charge in [0.15, 0.2) is 0 Å². The van der Waals surface area contributed by atoms with Crippen LogP contribution in [0.4, 0.5) is 0 Å². The third kappa shape index (κ3) is 2.18. The monoisotopic (exact) mass is 258 g/mol. The molecule has 1 aliphatic heterocycles. The lowest BCUT2D eigenvalue weighted by molar-refractivity contribution is 0.0784. The number of carbonyl (C=O) groups is 1. The second-order valence-electron chi connectivity index (χ2n) is 4.63. The van der Waals surface area contributed by atoms with Gasteiger partial charge in [0.25, 0.3) is 5.91 Å². The van der Waals surface area contributed by atoms with Crippen molar-refractivity contribution in [3.63, 3.8) is 0 Å². The van der Waals surface area contributed by atoms with E-state index in [0.717, 1.165) is 12.2 Å². The number of hydrogen-bond acceptors (Lipinski definition) is 5. The molecule has 0 aliphatic carbocycles. The molecule has 2 aromatic heterocycles. The third-order valence-electron chi connectivity index (χ3n) is 3.37. The first-order valence-electron chi connectivity index (χ1n) is 6.15. The number of hydrogen-bond donors (Lipinski definition) is 0. The zero-order valence-electron chi connectivity index (χ0n) is 10.6. The minimum absolute atomic E-state index is 0.0715. The first-order valence-corrected chi connectivity index (χ1v) is 6.15. The quantitative estimate of drug-likeness (QED) is 0.771. The molecule has 19 heavy (non-hydrogen) atoms. The van der Waals surface area contributed by atoms with Gasteiger partial charge in [0.05, 0.1) is 6.20 Å². The van der Waals surface area contributed by atoms with Gasteiger partial charge < -0.3 is 9.47 Å². The van der Waals surface area contributed by atoms with Crippen LogP contribution in [0.5, 0.6) is 0 Å². The van der Waals surface area contributed by atoms with Gasteiger partial charge in [-0.15, -0.1) is 10.2 Å². The van der Waals surface area contributed by atoms with Gasteiger partial charge in [0.1, 0.15) is 17.8 Å². The van der Waals surface area contributed by atoms with Crippen LogP contribution in [-0.4, -0.2) is 48.6 Å². The van der Waals surface area contributed by atoms with Crippen molar-refractivity contribution in [3.05, 3.63) is 36.4 Å². The normalized spacial score (nSPS) is 18.8. The average Bonchev–Trinajstić information content (AvgIpc) is 3.07. The maximum atomic E-state index is 12.2. The Morgan fingerprint density at radius 1 is 1.42 bits per heavy atom. The summed E-state index contributed by atoms with van der Waals surface area (Å²) in [7, 11) is 1.92. The van der Waals surface area contributed by atoms with Crippen molar-refractivity contribution >= 4 is 5.91 Å². The van der Waals surface area contributed by atoms with Crippen LogP contribution < -0.4 is 0 Å². The Balaban J connectivity index is 1.73. The minimum atomic E-state index is -0.0715. The summed E-state index contributed by atoms with van der Waals surface area (Å²) in [6, 6.07) is 0. The predicted octanol–water partition coefficient (Wildman–Crippen LogP) is 0.235. The van der Waals surface area contributed by atoms with Gasteiger partial charge in [-0.25, -0.2) is 4.98 Å². The van der Waals surface area contributed by atoms with Crippen LogP contribution in [0.25, 0.3) is 0 Å². The van der Waals surface area contributed by atoms with Crippen LogP contribution in [0.15, 0.2) is 24.9 Å². The summed E-state index contributed by atoms with van der Waals surface area (Å²) < 4.78 is 1.90. The number of aryl methyl sites for hydroxylation is 1. The fourth-order valence-corrected chi connectivity index (χ4v) is 2.39. The van der Waals surface area contributed by atoms with E-state index >= 15 is 0 Å². The third-order valence-corrected chi connectivity index (χ3v) is 3.37. The Morgan fingerprint density at radius 2 is 2.32 bits per heavy atom. The number of aromatic nitrogens is 5. The Labute approximate surface area is 110 Å². The number of likely N-dealkylation sites (tertiary alicyclic amines) is 1. The molecule has 1 unspecified atom stereocenters. The van der Waals surface area contributed by atoms with Gasteiger partial charge in [-0.05, 0) is 6.42 Å². The van der Waals surface area contributed by atoms with Crippen molar-refractivity contribution in [1.29, 1.82) is 0 Å². The lowest BCUT2D eigenvalue weighted by Crippen LogP contribution is -2.29. The lowest BCUT2D eigenvalue weighted by atomic mass is 10.1. The maximum Gasteiger partial charge on any atom is 0.274 e. The van der Waals surface area contributed by atoms with Crippen LogP contribution in [-0.2, 0) is 7.05 Å². The number of rotatable bonds is 2. The highest BCUT2D eigenvalue weighted by molar-refractivity contribution is 5.92. The van der Waals surface area contributed by atoms with Gasteiger partial charge in [-0.1, -0.05) is 0 Å². The first kappa shape index (κ1) is 11.8. The van der Waals surface area contributed by atoms with Crippen molar-refractivity contribution in [3.8, 4) is 0 Å². The molecule has 7 nitrogen and oxygen atoms in total. The molecule has 2 aromatic rings. The second-order valence-corrected chi connectivity index (χ2v) is 4.63. The first-order chi connectivity index (χ1) is 9.25.